The van der Waals surface area contributed by atoms with Crippen LogP contribution in [0.4, 0.5) is 0 Å². The molecule has 0 aromatic heterocycles. The van der Waals surface area contributed by atoms with Gasteiger partial charge in [-0.05, 0) is 0 Å². The van der Waals surface area contributed by atoms with Gasteiger partial charge in [-0.15, -0.1) is 0 Å². The van der Waals surface area contributed by atoms with E-state index in [1.807, 2.05) is 0 Å². The van der Waals surface area contributed by atoms with Crippen molar-refractivity contribution in [3.8, 4) is 0 Å². The maximum Gasteiger partial charge on any atom is 0.227 e. The number of hydrogen-bond acceptors (Lipinski definition) is 2. The molecule has 3 nitrogen and oxygen atoms in total. The second-order valence-electron chi connectivity index (χ2n) is 1.47. The first-order valence-electron chi connectivity index (χ1n) is 2.12. The topological polar surface area (TPSA) is 46.2 Å². The number of imide groups is 1. The van der Waals surface area contributed by atoms with Crippen molar-refractivity contribution in [2.75, 3.05) is 0 Å². The minimum atomic E-state index is -0.148. The van der Waals surface area contributed by atoms with E-state index in [2.05, 4.69) is 5.32 Å². The fourth-order valence-electron chi connectivity index (χ4n) is 0.508. The summed E-state index contributed by atoms with van der Waals surface area (Å²) in [7, 11) is 0. The summed E-state index contributed by atoms with van der Waals surface area (Å²) in [4.78, 5) is 20.2. The molecule has 0 atom stereocenters. The average Bonchev–Trinajstić information content (AvgIpc) is 1.87. The zero-order chi connectivity index (χ0) is 5.28. The molecule has 0 aromatic rings. The summed E-state index contributed by atoms with van der Waals surface area (Å²) >= 11 is 0. The van der Waals surface area contributed by atoms with Crippen molar-refractivity contribution in [3.05, 3.63) is 0 Å². The number of nitrogens with one attached hydrogen (secondary N) is 1. The summed E-state index contributed by atoms with van der Waals surface area (Å²) < 4.78 is 0. The van der Waals surface area contributed by atoms with E-state index < -0.39 is 0 Å². The van der Waals surface area contributed by atoms with Crippen molar-refractivity contribution in [2.24, 2.45) is 0 Å². The van der Waals surface area contributed by atoms with Gasteiger partial charge in [-0.2, -0.15) is 0 Å². The Morgan fingerprint density at radius 3 is 1.62 bits per heavy atom. The van der Waals surface area contributed by atoms with Gasteiger partial charge in [0.15, 0.2) is 0 Å². The normalized spacial score (nSPS) is 17.5. The van der Waals surface area contributed by atoms with Crippen molar-refractivity contribution in [1.82, 2.24) is 5.32 Å². The van der Waals surface area contributed by atoms with E-state index in [9.17, 15) is 9.59 Å². The van der Waals surface area contributed by atoms with Crippen LogP contribution >= 0.6 is 0 Å². The number of amides is 2. The standard InChI is InChI=1S/C4H5NO2.Mo/c6-3-1-2-4(7)5-3;/h1-2H2,(H,5,6,7);. The minimum Gasteiger partial charge on any atom is -0.296 e. The average molecular weight is 195 g/mol. The quantitative estimate of drug-likeness (QED) is 0.415. The molecule has 44 valence electrons. The predicted molar refractivity (Wildman–Crippen MR) is 22.4 cm³/mol. The Kier molecular flexibility index (Phi) is 2.91. The molecule has 4 heteroatoms. The van der Waals surface area contributed by atoms with Gasteiger partial charge >= 0.3 is 0 Å². The minimum absolute atomic E-state index is 0. The van der Waals surface area contributed by atoms with Crippen LogP contribution in [0.15, 0.2) is 0 Å². The summed E-state index contributed by atoms with van der Waals surface area (Å²) in [5.41, 5.74) is 0. The Bertz CT molecular complexity index is 109. The van der Waals surface area contributed by atoms with Crippen molar-refractivity contribution < 1.29 is 30.7 Å². The van der Waals surface area contributed by atoms with Crippen LogP contribution < -0.4 is 5.32 Å². The Labute approximate surface area is 61.1 Å². The van der Waals surface area contributed by atoms with Crippen molar-refractivity contribution in [2.45, 2.75) is 12.8 Å². The molecule has 1 aliphatic heterocycles. The van der Waals surface area contributed by atoms with Gasteiger partial charge in [-0.25, -0.2) is 0 Å². The van der Waals surface area contributed by atoms with Gasteiger partial charge in [0, 0.05) is 33.9 Å². The third-order valence-electron chi connectivity index (χ3n) is 0.858. The molecule has 0 radical (unpaired) electrons. The third-order valence-corrected chi connectivity index (χ3v) is 0.858. The summed E-state index contributed by atoms with van der Waals surface area (Å²) in [6.45, 7) is 0. The van der Waals surface area contributed by atoms with Crippen LogP contribution in [0.3, 0.4) is 0 Å². The van der Waals surface area contributed by atoms with Gasteiger partial charge in [0.1, 0.15) is 0 Å². The SMILES string of the molecule is O=C1CCC(=O)N1.[Mo]. The van der Waals surface area contributed by atoms with Crippen LogP contribution in [0.2, 0.25) is 0 Å². The van der Waals surface area contributed by atoms with Gasteiger partial charge in [-0.3, -0.25) is 14.9 Å². The van der Waals surface area contributed by atoms with E-state index in [0.29, 0.717) is 12.8 Å². The Hall–Kier alpha value is -0.172. The van der Waals surface area contributed by atoms with Crippen molar-refractivity contribution in [1.29, 1.82) is 0 Å². The molecule has 0 saturated carbocycles. The molecule has 1 fully saturated rings. The van der Waals surface area contributed by atoms with Gasteiger partial charge < -0.3 is 0 Å². The largest absolute Gasteiger partial charge is 0.296 e. The molecule has 0 spiro atoms. The summed E-state index contributed by atoms with van der Waals surface area (Å²) in [5, 5.41) is 2.14. The first-order chi connectivity index (χ1) is 3.29. The molecular weight excluding hydrogens is 190 g/mol. The second-order valence-corrected chi connectivity index (χ2v) is 1.47. The van der Waals surface area contributed by atoms with E-state index in [-0.39, 0.29) is 32.9 Å². The second kappa shape index (κ2) is 2.98. The molecule has 0 unspecified atom stereocenters. The summed E-state index contributed by atoms with van der Waals surface area (Å²) in [5.74, 6) is -0.296. The fraction of sp³-hybridized carbons (Fsp3) is 0.500. The van der Waals surface area contributed by atoms with Crippen LogP contribution in [0.1, 0.15) is 12.8 Å². The Morgan fingerprint density at radius 1 is 1.12 bits per heavy atom. The van der Waals surface area contributed by atoms with Crippen LogP contribution in [0.25, 0.3) is 0 Å². The Balaban J connectivity index is 0.000000490. The first kappa shape index (κ1) is 7.83. The first-order valence-corrected chi connectivity index (χ1v) is 2.12. The van der Waals surface area contributed by atoms with E-state index in [1.54, 1.807) is 0 Å². The molecule has 0 bridgehead atoms. The van der Waals surface area contributed by atoms with Crippen LogP contribution in [-0.4, -0.2) is 11.8 Å². The summed E-state index contributed by atoms with van der Waals surface area (Å²) in [6, 6.07) is 0. The predicted octanol–water partition coefficient (Wildman–Crippen LogP) is -0.579. The zero-order valence-corrected chi connectivity index (χ0v) is 6.15. The number of hydrogen-bond donors (Lipinski definition) is 1. The van der Waals surface area contributed by atoms with Crippen LogP contribution in [0.5, 0.6) is 0 Å². The monoisotopic (exact) mass is 197 g/mol. The van der Waals surface area contributed by atoms with Crippen LogP contribution in [0, 0.1) is 0 Å². The molecule has 1 saturated heterocycles. The maximum atomic E-state index is 10.1. The number of rotatable bonds is 0. The van der Waals surface area contributed by atoms with Gasteiger partial charge in [-0.1, -0.05) is 0 Å². The molecule has 2 amide bonds. The van der Waals surface area contributed by atoms with E-state index in [1.165, 1.54) is 0 Å². The van der Waals surface area contributed by atoms with Crippen molar-refractivity contribution >= 4 is 11.8 Å². The van der Waals surface area contributed by atoms with Gasteiger partial charge in [0.25, 0.3) is 0 Å². The molecule has 1 rings (SSSR count). The molecule has 1 heterocycles. The van der Waals surface area contributed by atoms with Gasteiger partial charge in [0.2, 0.25) is 11.8 Å². The number of carbonyl (C=O) groups is 2. The van der Waals surface area contributed by atoms with E-state index in [4.69, 9.17) is 0 Å². The molecule has 1 N–H and O–H groups in total. The summed E-state index contributed by atoms with van der Waals surface area (Å²) in [6.07, 6.45) is 0.748. The van der Waals surface area contributed by atoms with E-state index in [0.717, 1.165) is 0 Å². The zero-order valence-electron chi connectivity index (χ0n) is 4.14. The van der Waals surface area contributed by atoms with Crippen LogP contribution in [-0.2, 0) is 30.7 Å². The molecule has 1 aliphatic rings. The maximum absolute atomic E-state index is 10.1. The third kappa shape index (κ3) is 1.74. The number of carbonyl (C=O) groups excluding carboxylic acids is 2. The molecular formula is C4H5MoNO2. The van der Waals surface area contributed by atoms with Crippen molar-refractivity contribution in [3.63, 3.8) is 0 Å². The molecule has 0 aliphatic carbocycles. The Morgan fingerprint density at radius 2 is 1.50 bits per heavy atom. The molecule has 0 aromatic carbocycles. The smallest absolute Gasteiger partial charge is 0.227 e. The fourth-order valence-corrected chi connectivity index (χ4v) is 0.508. The van der Waals surface area contributed by atoms with E-state index >= 15 is 0 Å². The van der Waals surface area contributed by atoms with Gasteiger partial charge in [0.05, 0.1) is 0 Å². The molecule has 8 heavy (non-hydrogen) atoms.